The van der Waals surface area contributed by atoms with Gasteiger partial charge in [0.1, 0.15) is 12.1 Å². The van der Waals surface area contributed by atoms with E-state index in [-0.39, 0.29) is 11.1 Å². The lowest BCUT2D eigenvalue weighted by Crippen LogP contribution is -2.51. The zero-order valence-corrected chi connectivity index (χ0v) is 23.6. The first-order chi connectivity index (χ1) is 20.0. The van der Waals surface area contributed by atoms with E-state index in [4.69, 9.17) is 15.1 Å². The minimum atomic E-state index is 0.0267. The number of hydrogen-bond donors (Lipinski definition) is 2. The molecule has 4 aromatic rings. The number of nitrogens with two attached hydrogens (primary N) is 1. The normalized spacial score (nSPS) is 24.1. The fraction of sp³-hybridized carbons (Fsp3) is 0.353. The van der Waals surface area contributed by atoms with Gasteiger partial charge in [0.15, 0.2) is 5.96 Å². The Kier molecular flexibility index (Phi) is 6.45. The first kappa shape index (κ1) is 25.7. The van der Waals surface area contributed by atoms with Crippen molar-refractivity contribution in [1.82, 2.24) is 15.3 Å². The maximum absolute atomic E-state index is 5.79. The van der Waals surface area contributed by atoms with Crippen LogP contribution in [-0.4, -0.2) is 39.3 Å². The van der Waals surface area contributed by atoms with E-state index in [9.17, 15) is 0 Å². The van der Waals surface area contributed by atoms with Crippen LogP contribution in [0.25, 0.3) is 22.5 Å². The Bertz CT molecular complexity index is 1630. The maximum Gasteiger partial charge on any atom is 0.189 e. The molecule has 208 valence electrons. The number of guanidine groups is 1. The van der Waals surface area contributed by atoms with Crippen LogP contribution in [0.15, 0.2) is 87.9 Å². The Hall–Kier alpha value is -4.26. The third kappa shape index (κ3) is 4.94. The standard InChI is InChI=1S/C18H19N3.C16H17N3O/c1-13-5-7-18(21-13)8-6-17-14(9-18)3-2-4-16(17)15-10-19-12-20-11-15;17-15-18-10-16(19-15)7-6-12-11(9-16)3-1-4-13(12)14-5-2-8-20-14/h2-4,10-12H,5-9H2,1H3;1-5,8H,6-7,9-10H2,(H3,17,18,19)/t18-;16-/m11/s1. The van der Waals surface area contributed by atoms with Gasteiger partial charge in [0.05, 0.1) is 23.9 Å². The topological polar surface area (TPSA) is 102 Å². The number of hydrogen-bond acceptors (Lipinski definition) is 7. The molecule has 0 amide bonds. The number of aliphatic imine (C=N–C) groups is 2. The van der Waals surface area contributed by atoms with E-state index in [1.54, 1.807) is 12.6 Å². The summed E-state index contributed by atoms with van der Waals surface area (Å²) >= 11 is 0. The van der Waals surface area contributed by atoms with Gasteiger partial charge in [-0.15, -0.1) is 0 Å². The molecule has 2 aliphatic heterocycles. The molecule has 0 saturated carbocycles. The van der Waals surface area contributed by atoms with Crippen molar-refractivity contribution in [3.8, 4) is 22.5 Å². The van der Waals surface area contributed by atoms with Gasteiger partial charge in [0, 0.05) is 29.2 Å². The lowest BCUT2D eigenvalue weighted by molar-refractivity contribution is 0.361. The summed E-state index contributed by atoms with van der Waals surface area (Å²) < 4.78 is 5.56. The van der Waals surface area contributed by atoms with E-state index >= 15 is 0 Å². The molecular weight excluding hydrogens is 508 g/mol. The largest absolute Gasteiger partial charge is 0.464 e. The monoisotopic (exact) mass is 544 g/mol. The number of benzene rings is 2. The quantitative estimate of drug-likeness (QED) is 0.336. The van der Waals surface area contributed by atoms with Gasteiger partial charge in [0.2, 0.25) is 0 Å². The molecule has 7 nitrogen and oxygen atoms in total. The van der Waals surface area contributed by atoms with Crippen LogP contribution in [0.4, 0.5) is 0 Å². The fourth-order valence-electron chi connectivity index (χ4n) is 7.25. The number of fused-ring (bicyclic) bond motifs is 2. The molecule has 4 heterocycles. The Balaban J connectivity index is 0.000000135. The highest BCUT2D eigenvalue weighted by molar-refractivity contribution is 5.84. The van der Waals surface area contributed by atoms with Crippen LogP contribution in [0.5, 0.6) is 0 Å². The van der Waals surface area contributed by atoms with Crippen LogP contribution < -0.4 is 11.1 Å². The second-order valence-corrected chi connectivity index (χ2v) is 12.0. The number of nitrogens with one attached hydrogen (secondary N) is 1. The molecule has 0 unspecified atom stereocenters. The van der Waals surface area contributed by atoms with Crippen LogP contribution >= 0.6 is 0 Å². The zero-order chi connectivity index (χ0) is 27.9. The second-order valence-electron chi connectivity index (χ2n) is 12.0. The minimum absolute atomic E-state index is 0.0267. The van der Waals surface area contributed by atoms with Crippen molar-refractivity contribution < 1.29 is 4.42 Å². The average Bonchev–Trinajstić information content (AvgIpc) is 3.74. The van der Waals surface area contributed by atoms with Gasteiger partial charge in [-0.3, -0.25) is 9.98 Å². The van der Waals surface area contributed by atoms with Crippen LogP contribution in [0.1, 0.15) is 54.9 Å². The number of furan rings is 1. The molecule has 8 rings (SSSR count). The van der Waals surface area contributed by atoms with E-state index in [1.807, 2.05) is 24.5 Å². The van der Waals surface area contributed by atoms with Crippen molar-refractivity contribution in [2.45, 2.75) is 69.4 Å². The molecule has 2 aromatic carbocycles. The molecular formula is C34H36N6O. The Morgan fingerprint density at radius 3 is 2.27 bits per heavy atom. The van der Waals surface area contributed by atoms with E-state index in [0.29, 0.717) is 5.96 Å². The molecule has 4 aliphatic rings. The van der Waals surface area contributed by atoms with Crippen LogP contribution in [-0.2, 0) is 25.7 Å². The van der Waals surface area contributed by atoms with Crippen molar-refractivity contribution in [3.63, 3.8) is 0 Å². The van der Waals surface area contributed by atoms with Crippen molar-refractivity contribution in [2.75, 3.05) is 6.54 Å². The van der Waals surface area contributed by atoms with E-state index in [2.05, 4.69) is 63.6 Å². The molecule has 3 N–H and O–H groups in total. The smallest absolute Gasteiger partial charge is 0.189 e. The molecule has 2 aromatic heterocycles. The zero-order valence-electron chi connectivity index (χ0n) is 23.6. The molecule has 7 heteroatoms. The molecule has 0 radical (unpaired) electrons. The van der Waals surface area contributed by atoms with Crippen molar-refractivity contribution in [1.29, 1.82) is 0 Å². The number of aromatic nitrogens is 2. The molecule has 2 aliphatic carbocycles. The minimum Gasteiger partial charge on any atom is -0.464 e. The van der Waals surface area contributed by atoms with Crippen molar-refractivity contribution >= 4 is 11.7 Å². The predicted molar refractivity (Wildman–Crippen MR) is 163 cm³/mol. The Labute approximate surface area is 241 Å². The number of nitrogens with zero attached hydrogens (tertiary/aromatic N) is 4. The SMILES string of the molecule is CC1=N[C@]2(CC1)CCc1c(cccc1-c1cncnc1)C2.NC1=NC[C@]2(CCc3c(cccc3-c3ccco3)C2)N1. The summed E-state index contributed by atoms with van der Waals surface area (Å²) in [6.07, 6.45) is 15.9. The van der Waals surface area contributed by atoms with E-state index in [0.717, 1.165) is 50.0 Å². The van der Waals surface area contributed by atoms with Crippen molar-refractivity contribution in [3.05, 3.63) is 95.8 Å². The highest BCUT2D eigenvalue weighted by Crippen LogP contribution is 2.41. The molecule has 0 bridgehead atoms. The Morgan fingerprint density at radius 1 is 0.829 bits per heavy atom. The summed E-state index contributed by atoms with van der Waals surface area (Å²) in [7, 11) is 0. The summed E-state index contributed by atoms with van der Waals surface area (Å²) in [6, 6.07) is 17.0. The first-order valence-electron chi connectivity index (χ1n) is 14.7. The highest BCUT2D eigenvalue weighted by Gasteiger charge is 2.39. The van der Waals surface area contributed by atoms with Gasteiger partial charge >= 0.3 is 0 Å². The van der Waals surface area contributed by atoms with Crippen LogP contribution in [0.2, 0.25) is 0 Å². The lowest BCUT2D eigenvalue weighted by atomic mass is 9.75. The van der Waals surface area contributed by atoms with Crippen LogP contribution in [0, 0.1) is 0 Å². The van der Waals surface area contributed by atoms with E-state index in [1.165, 1.54) is 58.4 Å². The summed E-state index contributed by atoms with van der Waals surface area (Å²) in [5, 5.41) is 3.37. The summed E-state index contributed by atoms with van der Waals surface area (Å²) in [5.41, 5.74) is 16.7. The van der Waals surface area contributed by atoms with Gasteiger partial charge in [-0.1, -0.05) is 36.4 Å². The summed E-state index contributed by atoms with van der Waals surface area (Å²) in [6.45, 7) is 2.95. The fourth-order valence-corrected chi connectivity index (χ4v) is 7.25. The maximum atomic E-state index is 5.79. The van der Waals surface area contributed by atoms with Gasteiger partial charge in [0.25, 0.3) is 0 Å². The second kappa shape index (κ2) is 10.3. The third-order valence-corrected chi connectivity index (χ3v) is 9.27. The average molecular weight is 545 g/mol. The molecule has 2 atom stereocenters. The lowest BCUT2D eigenvalue weighted by Gasteiger charge is -2.35. The summed E-state index contributed by atoms with van der Waals surface area (Å²) in [5.74, 6) is 1.53. The van der Waals surface area contributed by atoms with Gasteiger partial charge < -0.3 is 15.5 Å². The predicted octanol–water partition coefficient (Wildman–Crippen LogP) is 5.72. The third-order valence-electron chi connectivity index (χ3n) is 9.27. The molecule has 2 spiro atoms. The first-order valence-corrected chi connectivity index (χ1v) is 14.7. The number of rotatable bonds is 2. The molecule has 41 heavy (non-hydrogen) atoms. The van der Waals surface area contributed by atoms with Gasteiger partial charge in [-0.25, -0.2) is 9.97 Å². The summed E-state index contributed by atoms with van der Waals surface area (Å²) in [4.78, 5) is 17.6. The van der Waals surface area contributed by atoms with Crippen molar-refractivity contribution in [2.24, 2.45) is 15.7 Å². The highest BCUT2D eigenvalue weighted by atomic mass is 16.3. The van der Waals surface area contributed by atoms with Crippen LogP contribution in [0.3, 0.4) is 0 Å². The van der Waals surface area contributed by atoms with Gasteiger partial charge in [-0.05, 0) is 98.2 Å². The molecule has 0 fully saturated rings. The molecule has 0 saturated heterocycles. The van der Waals surface area contributed by atoms with E-state index < -0.39 is 0 Å². The van der Waals surface area contributed by atoms with Gasteiger partial charge in [-0.2, -0.15) is 0 Å². The Morgan fingerprint density at radius 2 is 1.56 bits per heavy atom.